The number of hydrogen-bond acceptors (Lipinski definition) is 10. The summed E-state index contributed by atoms with van der Waals surface area (Å²) in [5.41, 5.74) is 3.17. The number of anilines is 1. The predicted molar refractivity (Wildman–Crippen MR) is 172 cm³/mol. The number of hydrogen-bond donors (Lipinski definition) is 1. The molecular formula is C33H33N3O6S2. The molecule has 44 heavy (non-hydrogen) atoms. The molecule has 1 unspecified atom stereocenters. The fourth-order valence-corrected chi connectivity index (χ4v) is 6.55. The summed E-state index contributed by atoms with van der Waals surface area (Å²) in [6.07, 6.45) is 0.816. The van der Waals surface area contributed by atoms with Crippen LogP contribution in [0.15, 0.2) is 76.6 Å². The van der Waals surface area contributed by atoms with Crippen LogP contribution in [0.25, 0.3) is 5.76 Å². The van der Waals surface area contributed by atoms with Gasteiger partial charge in [-0.3, -0.25) is 14.5 Å². The summed E-state index contributed by atoms with van der Waals surface area (Å²) in [6.45, 7) is 6.80. The molecule has 228 valence electrons. The van der Waals surface area contributed by atoms with Crippen molar-refractivity contribution in [1.29, 1.82) is 0 Å². The Hall–Kier alpha value is -4.35. The van der Waals surface area contributed by atoms with E-state index in [1.165, 1.54) is 33.6 Å². The molecule has 11 heteroatoms. The average molecular weight is 632 g/mol. The second kappa shape index (κ2) is 14.0. The number of nitrogens with zero attached hydrogens (tertiary/aromatic N) is 3. The monoisotopic (exact) mass is 631 g/mol. The molecule has 1 aliphatic rings. The smallest absolute Gasteiger partial charge is 0.301 e. The number of Topliss-reactive ketones (excluding diaryl/α,β-unsaturated/α-hetero) is 1. The molecule has 0 saturated carbocycles. The highest BCUT2D eigenvalue weighted by atomic mass is 32.2. The molecule has 1 amide bonds. The van der Waals surface area contributed by atoms with E-state index in [1.807, 2.05) is 20.8 Å². The minimum Gasteiger partial charge on any atom is -0.507 e. The lowest BCUT2D eigenvalue weighted by molar-refractivity contribution is -0.132. The van der Waals surface area contributed by atoms with Gasteiger partial charge in [-0.05, 0) is 67.8 Å². The van der Waals surface area contributed by atoms with Gasteiger partial charge in [-0.15, -0.1) is 10.2 Å². The second-order valence-electron chi connectivity index (χ2n) is 10.0. The van der Waals surface area contributed by atoms with Crippen LogP contribution in [-0.2, 0) is 15.3 Å². The van der Waals surface area contributed by atoms with Crippen LogP contribution in [0.2, 0.25) is 0 Å². The van der Waals surface area contributed by atoms with Crippen LogP contribution in [0.3, 0.4) is 0 Å². The van der Waals surface area contributed by atoms with Gasteiger partial charge < -0.3 is 19.3 Å². The molecule has 2 heterocycles. The van der Waals surface area contributed by atoms with Crippen molar-refractivity contribution >= 4 is 45.7 Å². The number of aliphatic hydroxyl groups excluding tert-OH is 1. The molecule has 1 atom stereocenters. The van der Waals surface area contributed by atoms with E-state index in [0.29, 0.717) is 51.7 Å². The van der Waals surface area contributed by atoms with Gasteiger partial charge in [0.05, 0.1) is 31.9 Å². The van der Waals surface area contributed by atoms with Crippen molar-refractivity contribution in [2.45, 2.75) is 43.3 Å². The van der Waals surface area contributed by atoms with Gasteiger partial charge in [0.1, 0.15) is 11.5 Å². The Morgan fingerprint density at radius 1 is 0.977 bits per heavy atom. The molecule has 1 aliphatic heterocycles. The number of aliphatic hydroxyl groups is 1. The first kappa shape index (κ1) is 31.1. The Labute approximate surface area is 264 Å². The maximum Gasteiger partial charge on any atom is 0.301 e. The number of carbonyl (C=O) groups is 2. The van der Waals surface area contributed by atoms with Gasteiger partial charge >= 0.3 is 5.91 Å². The first-order chi connectivity index (χ1) is 21.3. The number of ketones is 1. The molecule has 1 saturated heterocycles. The summed E-state index contributed by atoms with van der Waals surface area (Å²) < 4.78 is 17.7. The second-order valence-corrected chi connectivity index (χ2v) is 12.2. The molecule has 1 fully saturated rings. The zero-order valence-electron chi connectivity index (χ0n) is 24.9. The summed E-state index contributed by atoms with van der Waals surface area (Å²) in [4.78, 5) is 28.6. The number of benzene rings is 3. The Morgan fingerprint density at radius 3 is 2.41 bits per heavy atom. The Kier molecular flexibility index (Phi) is 9.86. The van der Waals surface area contributed by atoms with E-state index in [2.05, 4.69) is 34.5 Å². The van der Waals surface area contributed by atoms with Crippen molar-refractivity contribution in [3.63, 3.8) is 0 Å². The third-order valence-electron chi connectivity index (χ3n) is 6.94. The summed E-state index contributed by atoms with van der Waals surface area (Å²) in [6, 6.07) is 19.1. The lowest BCUT2D eigenvalue weighted by Crippen LogP contribution is -2.29. The van der Waals surface area contributed by atoms with E-state index in [4.69, 9.17) is 14.2 Å². The van der Waals surface area contributed by atoms with Crippen LogP contribution in [0.1, 0.15) is 48.6 Å². The SMILES string of the molecule is CCCOc1ccc(C2/C(=C(\O)c3ccc(OC)cc3)C(=O)C(=O)N2c2nnc(SCc3ccc(C)cc3)s2)cc1OCC. The topological polar surface area (TPSA) is 111 Å². The highest BCUT2D eigenvalue weighted by Gasteiger charge is 2.48. The number of ether oxygens (including phenoxy) is 3. The maximum atomic E-state index is 13.7. The van der Waals surface area contributed by atoms with Crippen molar-refractivity contribution < 1.29 is 28.9 Å². The minimum atomic E-state index is -0.987. The third-order valence-corrected chi connectivity index (χ3v) is 9.06. The van der Waals surface area contributed by atoms with Gasteiger partial charge in [0, 0.05) is 11.3 Å². The van der Waals surface area contributed by atoms with Gasteiger partial charge in [0.15, 0.2) is 15.8 Å². The molecule has 3 aromatic carbocycles. The van der Waals surface area contributed by atoms with E-state index in [0.717, 1.165) is 12.0 Å². The fourth-order valence-electron chi connectivity index (χ4n) is 4.73. The lowest BCUT2D eigenvalue weighted by Gasteiger charge is -2.23. The number of thioether (sulfide) groups is 1. The van der Waals surface area contributed by atoms with Crippen molar-refractivity contribution in [3.8, 4) is 17.2 Å². The first-order valence-electron chi connectivity index (χ1n) is 14.2. The molecule has 0 aliphatic carbocycles. The summed E-state index contributed by atoms with van der Waals surface area (Å²) in [5, 5.41) is 20.4. The number of carbonyl (C=O) groups excluding carboxylic acids is 2. The third kappa shape index (κ3) is 6.58. The van der Waals surface area contributed by atoms with Crippen molar-refractivity contribution in [2.75, 3.05) is 25.2 Å². The zero-order chi connectivity index (χ0) is 31.2. The molecular weight excluding hydrogens is 599 g/mol. The van der Waals surface area contributed by atoms with E-state index >= 15 is 0 Å². The van der Waals surface area contributed by atoms with Crippen LogP contribution in [0.4, 0.5) is 5.13 Å². The van der Waals surface area contributed by atoms with Crippen LogP contribution < -0.4 is 19.1 Å². The Bertz CT molecular complexity index is 1670. The Morgan fingerprint density at radius 2 is 1.73 bits per heavy atom. The van der Waals surface area contributed by atoms with Crippen LogP contribution in [0, 0.1) is 6.92 Å². The largest absolute Gasteiger partial charge is 0.507 e. The summed E-state index contributed by atoms with van der Waals surface area (Å²) in [5.74, 6) is 0.354. The number of methoxy groups -OCH3 is 1. The standard InChI is InChI=1S/C33H33N3O6S2/c1-5-17-42-25-16-13-23(18-26(25)41-6-2)28-27(29(37)22-11-14-24(40-4)15-12-22)30(38)31(39)36(28)32-34-35-33(44-32)43-19-21-9-7-20(3)8-10-21/h7-16,18,28,37H,5-6,17,19H2,1-4H3/b29-27+. The van der Waals surface area contributed by atoms with Gasteiger partial charge in [-0.2, -0.15) is 0 Å². The number of amides is 1. The highest BCUT2D eigenvalue weighted by molar-refractivity contribution is 8.00. The average Bonchev–Trinajstić information content (AvgIpc) is 3.61. The van der Waals surface area contributed by atoms with E-state index in [-0.39, 0.29) is 16.5 Å². The van der Waals surface area contributed by atoms with Crippen LogP contribution in [0.5, 0.6) is 17.2 Å². The van der Waals surface area contributed by atoms with Crippen molar-refractivity contribution in [2.24, 2.45) is 0 Å². The van der Waals surface area contributed by atoms with Gasteiger partial charge in [0.25, 0.3) is 5.78 Å². The van der Waals surface area contributed by atoms with Gasteiger partial charge in [0.2, 0.25) is 5.13 Å². The molecule has 0 spiro atoms. The summed E-state index contributed by atoms with van der Waals surface area (Å²) >= 11 is 2.71. The molecule has 9 nitrogen and oxygen atoms in total. The molecule has 5 rings (SSSR count). The summed E-state index contributed by atoms with van der Waals surface area (Å²) in [7, 11) is 1.54. The van der Waals surface area contributed by atoms with Crippen molar-refractivity contribution in [1.82, 2.24) is 10.2 Å². The van der Waals surface area contributed by atoms with E-state index in [9.17, 15) is 14.7 Å². The normalized spacial score (nSPS) is 15.9. The minimum absolute atomic E-state index is 0.0612. The van der Waals surface area contributed by atoms with Gasteiger partial charge in [-0.25, -0.2) is 0 Å². The molecule has 0 radical (unpaired) electrons. The fraction of sp³-hybridized carbons (Fsp3) is 0.273. The van der Waals surface area contributed by atoms with Crippen LogP contribution in [-0.4, -0.2) is 47.3 Å². The number of rotatable bonds is 12. The Balaban J connectivity index is 1.57. The number of aromatic nitrogens is 2. The highest BCUT2D eigenvalue weighted by Crippen LogP contribution is 2.45. The van der Waals surface area contributed by atoms with Crippen molar-refractivity contribution in [3.05, 3.63) is 94.6 Å². The molecule has 1 N–H and O–H groups in total. The zero-order valence-corrected chi connectivity index (χ0v) is 26.5. The predicted octanol–water partition coefficient (Wildman–Crippen LogP) is 6.96. The molecule has 4 aromatic rings. The van der Waals surface area contributed by atoms with E-state index < -0.39 is 17.7 Å². The first-order valence-corrected chi connectivity index (χ1v) is 16.0. The quantitative estimate of drug-likeness (QED) is 0.0583. The van der Waals surface area contributed by atoms with Gasteiger partial charge in [-0.1, -0.05) is 65.9 Å². The lowest BCUT2D eigenvalue weighted by atomic mass is 9.95. The number of aryl methyl sites for hydroxylation is 1. The van der Waals surface area contributed by atoms with E-state index in [1.54, 1.807) is 49.6 Å². The van der Waals surface area contributed by atoms with Crippen LogP contribution >= 0.6 is 23.1 Å². The molecule has 0 bridgehead atoms. The maximum absolute atomic E-state index is 13.7. The molecule has 1 aromatic heterocycles.